The van der Waals surface area contributed by atoms with Gasteiger partial charge in [-0.2, -0.15) is 0 Å². The molecule has 1 aromatic rings. The van der Waals surface area contributed by atoms with Crippen LogP contribution >= 0.6 is 0 Å². The van der Waals surface area contributed by atoms with E-state index in [-0.39, 0.29) is 5.91 Å². The van der Waals surface area contributed by atoms with Gasteiger partial charge in [0.2, 0.25) is 0 Å². The first kappa shape index (κ1) is 10.9. The first-order valence-electron chi connectivity index (χ1n) is 5.58. The van der Waals surface area contributed by atoms with E-state index in [0.717, 1.165) is 19.4 Å². The first-order chi connectivity index (χ1) is 7.76. The van der Waals surface area contributed by atoms with Gasteiger partial charge < -0.3 is 10.2 Å². The molecule has 86 valence electrons. The van der Waals surface area contributed by atoms with Gasteiger partial charge in [-0.15, -0.1) is 10.2 Å². The number of rotatable bonds is 4. The van der Waals surface area contributed by atoms with Crippen LogP contribution < -0.4 is 5.32 Å². The smallest absolute Gasteiger partial charge is 0.274 e. The fraction of sp³-hybridized carbons (Fsp3) is 0.545. The van der Waals surface area contributed by atoms with Crippen molar-refractivity contribution in [2.24, 2.45) is 0 Å². The van der Waals surface area contributed by atoms with E-state index in [4.69, 9.17) is 0 Å². The Morgan fingerprint density at radius 2 is 2.25 bits per heavy atom. The van der Waals surface area contributed by atoms with Crippen molar-refractivity contribution in [1.82, 2.24) is 15.1 Å². The number of hydrogen-bond acceptors (Lipinski definition) is 4. The molecule has 0 aliphatic heterocycles. The van der Waals surface area contributed by atoms with Crippen LogP contribution in [0.3, 0.4) is 0 Å². The zero-order valence-corrected chi connectivity index (χ0v) is 9.60. The number of hydrogen-bond donors (Lipinski definition) is 1. The van der Waals surface area contributed by atoms with Crippen molar-refractivity contribution in [2.45, 2.75) is 25.8 Å². The zero-order chi connectivity index (χ0) is 11.5. The minimum absolute atomic E-state index is 0.0137. The van der Waals surface area contributed by atoms with E-state index in [0.29, 0.717) is 17.6 Å². The molecule has 0 spiro atoms. The predicted molar refractivity (Wildman–Crippen MR) is 61.3 cm³/mol. The Morgan fingerprint density at radius 3 is 2.69 bits per heavy atom. The summed E-state index contributed by atoms with van der Waals surface area (Å²) in [6, 6.07) is 3.90. The first-order valence-corrected chi connectivity index (χ1v) is 5.58. The Labute approximate surface area is 94.9 Å². The highest BCUT2D eigenvalue weighted by molar-refractivity contribution is 5.92. The normalized spacial score (nSPS) is 14.6. The van der Waals surface area contributed by atoms with Gasteiger partial charge in [-0.3, -0.25) is 4.79 Å². The van der Waals surface area contributed by atoms with Crippen molar-refractivity contribution < 1.29 is 4.79 Å². The molecule has 0 bridgehead atoms. The van der Waals surface area contributed by atoms with Gasteiger partial charge in [0.05, 0.1) is 0 Å². The highest BCUT2D eigenvalue weighted by atomic mass is 16.2. The number of nitrogens with zero attached hydrogens (tertiary/aromatic N) is 3. The monoisotopic (exact) mass is 220 g/mol. The molecule has 1 aliphatic rings. The summed E-state index contributed by atoms with van der Waals surface area (Å²) in [5.74, 6) is 0.658. The molecule has 1 heterocycles. The average molecular weight is 220 g/mol. The van der Waals surface area contributed by atoms with Crippen molar-refractivity contribution in [3.63, 3.8) is 0 Å². The average Bonchev–Trinajstić information content (AvgIpc) is 3.14. The van der Waals surface area contributed by atoms with Crippen molar-refractivity contribution in [3.8, 4) is 0 Å². The lowest BCUT2D eigenvalue weighted by Crippen LogP contribution is -2.33. The second-order valence-electron chi connectivity index (χ2n) is 3.88. The quantitative estimate of drug-likeness (QED) is 0.826. The lowest BCUT2D eigenvalue weighted by molar-refractivity contribution is 0.0745. The van der Waals surface area contributed by atoms with Gasteiger partial charge in [0, 0.05) is 19.6 Å². The molecule has 1 amide bonds. The number of amides is 1. The van der Waals surface area contributed by atoms with Crippen LogP contribution in [0.5, 0.6) is 0 Å². The van der Waals surface area contributed by atoms with E-state index >= 15 is 0 Å². The number of carbonyl (C=O) groups excluding carboxylic acids is 1. The summed E-state index contributed by atoms with van der Waals surface area (Å²) < 4.78 is 0. The lowest BCUT2D eigenvalue weighted by atomic mass is 10.3. The molecule has 5 heteroatoms. The largest absolute Gasteiger partial charge is 0.372 e. The Balaban J connectivity index is 2.12. The van der Waals surface area contributed by atoms with Crippen LogP contribution in [0, 0.1) is 0 Å². The maximum atomic E-state index is 12.1. The van der Waals surface area contributed by atoms with Gasteiger partial charge in [0.25, 0.3) is 5.91 Å². The van der Waals surface area contributed by atoms with Gasteiger partial charge in [0.1, 0.15) is 5.82 Å². The second-order valence-corrected chi connectivity index (χ2v) is 3.88. The zero-order valence-electron chi connectivity index (χ0n) is 9.60. The SMILES string of the molecule is CCN(C(=O)c1ccc(NC)nn1)C1CC1. The summed E-state index contributed by atoms with van der Waals surface area (Å²) in [5.41, 5.74) is 0.424. The summed E-state index contributed by atoms with van der Waals surface area (Å²) in [6.45, 7) is 2.73. The van der Waals surface area contributed by atoms with Gasteiger partial charge in [-0.25, -0.2) is 0 Å². The summed E-state index contributed by atoms with van der Waals surface area (Å²) in [4.78, 5) is 13.9. The molecule has 5 nitrogen and oxygen atoms in total. The van der Waals surface area contributed by atoms with Crippen LogP contribution in [0.2, 0.25) is 0 Å². The maximum absolute atomic E-state index is 12.1. The molecule has 0 saturated heterocycles. The maximum Gasteiger partial charge on any atom is 0.274 e. The summed E-state index contributed by atoms with van der Waals surface area (Å²) >= 11 is 0. The molecule has 1 aromatic heterocycles. The van der Waals surface area contributed by atoms with Crippen molar-refractivity contribution in [2.75, 3.05) is 18.9 Å². The molecular formula is C11H16N4O. The predicted octanol–water partition coefficient (Wildman–Crippen LogP) is 1.14. The Morgan fingerprint density at radius 1 is 1.50 bits per heavy atom. The van der Waals surface area contributed by atoms with Crippen molar-refractivity contribution >= 4 is 11.7 Å². The highest BCUT2D eigenvalue weighted by Gasteiger charge is 2.32. The van der Waals surface area contributed by atoms with E-state index in [1.807, 2.05) is 11.8 Å². The van der Waals surface area contributed by atoms with Crippen LogP contribution in [0.4, 0.5) is 5.82 Å². The van der Waals surface area contributed by atoms with Crippen LogP contribution in [0.15, 0.2) is 12.1 Å². The second kappa shape index (κ2) is 4.47. The third kappa shape index (κ3) is 2.13. The van der Waals surface area contributed by atoms with Crippen LogP contribution in [0.1, 0.15) is 30.3 Å². The number of nitrogens with one attached hydrogen (secondary N) is 1. The standard InChI is InChI=1S/C11H16N4O/c1-3-15(8-4-5-8)11(16)9-6-7-10(12-2)14-13-9/h6-8H,3-5H2,1-2H3,(H,12,14). The number of anilines is 1. The molecule has 2 rings (SSSR count). The molecule has 0 unspecified atom stereocenters. The fourth-order valence-electron chi connectivity index (χ4n) is 1.68. The van der Waals surface area contributed by atoms with Crippen LogP contribution in [0.25, 0.3) is 0 Å². The van der Waals surface area contributed by atoms with Gasteiger partial charge in [-0.1, -0.05) is 0 Å². The molecule has 0 atom stereocenters. The minimum Gasteiger partial charge on any atom is -0.372 e. The van der Waals surface area contributed by atoms with E-state index < -0.39 is 0 Å². The molecule has 1 fully saturated rings. The molecule has 1 saturated carbocycles. The van der Waals surface area contributed by atoms with E-state index in [9.17, 15) is 4.79 Å². The van der Waals surface area contributed by atoms with Crippen LogP contribution in [-0.2, 0) is 0 Å². The Bertz CT molecular complexity index is 372. The van der Waals surface area contributed by atoms with Gasteiger partial charge in [0.15, 0.2) is 5.69 Å². The van der Waals surface area contributed by atoms with Crippen molar-refractivity contribution in [3.05, 3.63) is 17.8 Å². The topological polar surface area (TPSA) is 58.1 Å². The third-order valence-corrected chi connectivity index (χ3v) is 2.73. The number of aromatic nitrogens is 2. The number of carbonyl (C=O) groups is 1. The molecule has 16 heavy (non-hydrogen) atoms. The lowest BCUT2D eigenvalue weighted by Gasteiger charge is -2.19. The third-order valence-electron chi connectivity index (χ3n) is 2.73. The molecular weight excluding hydrogens is 204 g/mol. The molecule has 1 N–H and O–H groups in total. The molecule has 0 radical (unpaired) electrons. The van der Waals surface area contributed by atoms with Gasteiger partial charge in [-0.05, 0) is 31.9 Å². The summed E-state index contributed by atoms with van der Waals surface area (Å²) in [6.07, 6.45) is 2.23. The highest BCUT2D eigenvalue weighted by Crippen LogP contribution is 2.27. The van der Waals surface area contributed by atoms with Crippen LogP contribution in [-0.4, -0.2) is 40.6 Å². The van der Waals surface area contributed by atoms with Gasteiger partial charge >= 0.3 is 0 Å². The van der Waals surface area contributed by atoms with E-state index in [2.05, 4.69) is 15.5 Å². The Kier molecular flexibility index (Phi) is 3.03. The minimum atomic E-state index is -0.0137. The fourth-order valence-corrected chi connectivity index (χ4v) is 1.68. The van der Waals surface area contributed by atoms with E-state index in [1.165, 1.54) is 0 Å². The summed E-state index contributed by atoms with van der Waals surface area (Å²) in [7, 11) is 1.77. The van der Waals surface area contributed by atoms with Crippen molar-refractivity contribution in [1.29, 1.82) is 0 Å². The molecule has 1 aliphatic carbocycles. The van der Waals surface area contributed by atoms with E-state index in [1.54, 1.807) is 19.2 Å². The Hall–Kier alpha value is -1.65. The summed E-state index contributed by atoms with van der Waals surface area (Å²) in [5, 5.41) is 10.7. The molecule has 0 aromatic carbocycles.